The molecule has 1 aliphatic rings. The van der Waals surface area contributed by atoms with Crippen molar-refractivity contribution >= 4 is 5.97 Å². The Kier molecular flexibility index (Phi) is 3.31. The van der Waals surface area contributed by atoms with Gasteiger partial charge < -0.3 is 10.5 Å². The molecule has 1 aliphatic carbocycles. The zero-order valence-electron chi connectivity index (χ0n) is 8.51. The number of carbonyl (C=O) groups is 1. The van der Waals surface area contributed by atoms with E-state index in [0.29, 0.717) is 0 Å². The van der Waals surface area contributed by atoms with Crippen LogP contribution in [0.15, 0.2) is 0 Å². The van der Waals surface area contributed by atoms with Gasteiger partial charge in [-0.05, 0) is 19.3 Å². The Morgan fingerprint density at radius 2 is 2.31 bits per heavy atom. The number of esters is 1. The summed E-state index contributed by atoms with van der Waals surface area (Å²) >= 11 is 0. The van der Waals surface area contributed by atoms with Crippen LogP contribution in [0.25, 0.3) is 0 Å². The number of hydrogen-bond donors (Lipinski definition) is 1. The third kappa shape index (κ3) is 1.70. The fourth-order valence-electron chi connectivity index (χ4n) is 2.31. The minimum absolute atomic E-state index is 0.0151. The predicted molar refractivity (Wildman–Crippen MR) is 51.2 cm³/mol. The molecule has 2 atom stereocenters. The van der Waals surface area contributed by atoms with Crippen LogP contribution in [-0.4, -0.2) is 19.1 Å². The van der Waals surface area contributed by atoms with Gasteiger partial charge in [0.15, 0.2) is 0 Å². The van der Waals surface area contributed by atoms with Gasteiger partial charge >= 0.3 is 5.97 Å². The van der Waals surface area contributed by atoms with Crippen LogP contribution in [-0.2, 0) is 9.53 Å². The quantitative estimate of drug-likeness (QED) is 0.662. The molecule has 0 saturated heterocycles. The maximum absolute atomic E-state index is 11.6. The molecule has 0 aromatic carbocycles. The lowest BCUT2D eigenvalue weighted by molar-refractivity contribution is -0.156. The Labute approximate surface area is 79.6 Å². The van der Waals surface area contributed by atoms with Crippen molar-refractivity contribution in [2.45, 2.75) is 45.1 Å². The maximum Gasteiger partial charge on any atom is 0.313 e. The van der Waals surface area contributed by atoms with Gasteiger partial charge in [0, 0.05) is 6.04 Å². The van der Waals surface area contributed by atoms with Crippen molar-refractivity contribution in [1.82, 2.24) is 0 Å². The molecule has 0 unspecified atom stereocenters. The molecule has 3 heteroatoms. The summed E-state index contributed by atoms with van der Waals surface area (Å²) in [4.78, 5) is 11.6. The zero-order chi connectivity index (χ0) is 9.90. The number of nitrogens with two attached hydrogens (primary N) is 1. The Balaban J connectivity index is 2.82. The van der Waals surface area contributed by atoms with Gasteiger partial charge in [-0.3, -0.25) is 4.79 Å². The molecule has 1 fully saturated rings. The number of rotatable bonds is 2. The lowest BCUT2D eigenvalue weighted by atomic mass is 9.69. The molecule has 0 spiro atoms. The van der Waals surface area contributed by atoms with Crippen molar-refractivity contribution < 1.29 is 9.53 Å². The first kappa shape index (κ1) is 10.5. The average molecular weight is 185 g/mol. The zero-order valence-corrected chi connectivity index (χ0v) is 8.51. The van der Waals surface area contributed by atoms with Crippen LogP contribution < -0.4 is 5.73 Å². The highest BCUT2D eigenvalue weighted by Gasteiger charge is 2.44. The first-order valence-electron chi connectivity index (χ1n) is 5.01. The third-order valence-corrected chi connectivity index (χ3v) is 3.32. The van der Waals surface area contributed by atoms with Crippen molar-refractivity contribution in [2.24, 2.45) is 11.1 Å². The second-order valence-corrected chi connectivity index (χ2v) is 3.85. The fourth-order valence-corrected chi connectivity index (χ4v) is 2.31. The van der Waals surface area contributed by atoms with Crippen LogP contribution in [0.2, 0.25) is 0 Å². The van der Waals surface area contributed by atoms with E-state index in [4.69, 9.17) is 10.5 Å². The van der Waals surface area contributed by atoms with Gasteiger partial charge in [0.2, 0.25) is 0 Å². The maximum atomic E-state index is 11.6. The molecular weight excluding hydrogens is 166 g/mol. The van der Waals surface area contributed by atoms with Crippen LogP contribution in [0.5, 0.6) is 0 Å². The van der Waals surface area contributed by atoms with E-state index in [-0.39, 0.29) is 12.0 Å². The summed E-state index contributed by atoms with van der Waals surface area (Å²) in [6.45, 7) is 2.02. The third-order valence-electron chi connectivity index (χ3n) is 3.32. The Bertz CT molecular complexity index is 193. The van der Waals surface area contributed by atoms with Crippen molar-refractivity contribution in [1.29, 1.82) is 0 Å². The topological polar surface area (TPSA) is 52.3 Å². The molecule has 0 heterocycles. The van der Waals surface area contributed by atoms with Crippen molar-refractivity contribution in [2.75, 3.05) is 7.11 Å². The molecular formula is C10H19NO2. The summed E-state index contributed by atoms with van der Waals surface area (Å²) in [6, 6.07) is -0.0151. The van der Waals surface area contributed by atoms with E-state index in [1.165, 1.54) is 7.11 Å². The molecule has 0 aliphatic heterocycles. The summed E-state index contributed by atoms with van der Waals surface area (Å²) in [5.74, 6) is -0.123. The number of methoxy groups -OCH3 is 1. The number of ether oxygens (including phenoxy) is 1. The second kappa shape index (κ2) is 4.09. The highest BCUT2D eigenvalue weighted by Crippen LogP contribution is 2.39. The molecule has 76 valence electrons. The van der Waals surface area contributed by atoms with E-state index in [9.17, 15) is 4.79 Å². The Morgan fingerprint density at radius 3 is 2.77 bits per heavy atom. The molecule has 1 rings (SSSR count). The van der Waals surface area contributed by atoms with Crippen LogP contribution >= 0.6 is 0 Å². The minimum Gasteiger partial charge on any atom is -0.469 e. The van der Waals surface area contributed by atoms with Crippen LogP contribution in [0.1, 0.15) is 39.0 Å². The van der Waals surface area contributed by atoms with Gasteiger partial charge in [0.25, 0.3) is 0 Å². The summed E-state index contributed by atoms with van der Waals surface area (Å²) in [7, 11) is 1.45. The first-order chi connectivity index (χ1) is 6.17. The van der Waals surface area contributed by atoms with Gasteiger partial charge in [0.1, 0.15) is 0 Å². The number of carbonyl (C=O) groups excluding carboxylic acids is 1. The van der Waals surface area contributed by atoms with Crippen LogP contribution in [0.4, 0.5) is 0 Å². The molecule has 0 radical (unpaired) electrons. The summed E-state index contributed by atoms with van der Waals surface area (Å²) < 4.78 is 4.84. The van der Waals surface area contributed by atoms with E-state index in [0.717, 1.165) is 32.1 Å². The summed E-state index contributed by atoms with van der Waals surface area (Å²) in [5.41, 5.74) is 5.60. The smallest absolute Gasteiger partial charge is 0.313 e. The van der Waals surface area contributed by atoms with E-state index < -0.39 is 5.41 Å². The predicted octanol–water partition coefficient (Wildman–Crippen LogP) is 1.46. The van der Waals surface area contributed by atoms with Crippen molar-refractivity contribution in [3.8, 4) is 0 Å². The van der Waals surface area contributed by atoms with Gasteiger partial charge in [-0.2, -0.15) is 0 Å². The van der Waals surface area contributed by atoms with Gasteiger partial charge in [-0.1, -0.05) is 19.8 Å². The van der Waals surface area contributed by atoms with E-state index in [1.54, 1.807) is 0 Å². The molecule has 3 nitrogen and oxygen atoms in total. The fraction of sp³-hybridized carbons (Fsp3) is 0.900. The Hall–Kier alpha value is -0.570. The van der Waals surface area contributed by atoms with Crippen molar-refractivity contribution in [3.05, 3.63) is 0 Å². The largest absolute Gasteiger partial charge is 0.469 e. The lowest BCUT2D eigenvalue weighted by Gasteiger charge is -2.38. The number of hydrogen-bond acceptors (Lipinski definition) is 3. The molecule has 2 N–H and O–H groups in total. The highest BCUT2D eigenvalue weighted by molar-refractivity contribution is 5.77. The summed E-state index contributed by atoms with van der Waals surface area (Å²) in [5, 5.41) is 0. The lowest BCUT2D eigenvalue weighted by Crippen LogP contribution is -2.49. The van der Waals surface area contributed by atoms with Crippen LogP contribution in [0, 0.1) is 5.41 Å². The molecule has 13 heavy (non-hydrogen) atoms. The first-order valence-corrected chi connectivity index (χ1v) is 5.01. The normalized spacial score (nSPS) is 34.2. The molecule has 0 amide bonds. The molecule has 0 bridgehead atoms. The van der Waals surface area contributed by atoms with E-state index in [2.05, 4.69) is 0 Å². The molecule has 1 saturated carbocycles. The van der Waals surface area contributed by atoms with E-state index >= 15 is 0 Å². The highest BCUT2D eigenvalue weighted by atomic mass is 16.5. The SMILES string of the molecule is CC[C@@]1(C(=O)OC)CCCC[C@@H]1N. The standard InChI is InChI=1S/C10H19NO2/c1-3-10(9(12)13-2)7-5-4-6-8(10)11/h8H,3-7,11H2,1-2H3/t8-,10+/m0/s1. The van der Waals surface area contributed by atoms with Gasteiger partial charge in [-0.15, -0.1) is 0 Å². The molecule has 0 aromatic heterocycles. The van der Waals surface area contributed by atoms with E-state index in [1.807, 2.05) is 6.92 Å². The van der Waals surface area contributed by atoms with Gasteiger partial charge in [0.05, 0.1) is 12.5 Å². The average Bonchev–Trinajstić information content (AvgIpc) is 2.18. The molecule has 0 aromatic rings. The minimum atomic E-state index is -0.396. The second-order valence-electron chi connectivity index (χ2n) is 3.85. The summed E-state index contributed by atoms with van der Waals surface area (Å²) in [6.07, 6.45) is 4.86. The monoisotopic (exact) mass is 185 g/mol. The van der Waals surface area contributed by atoms with Crippen molar-refractivity contribution in [3.63, 3.8) is 0 Å². The Morgan fingerprint density at radius 1 is 1.62 bits per heavy atom. The van der Waals surface area contributed by atoms with Gasteiger partial charge in [-0.25, -0.2) is 0 Å². The van der Waals surface area contributed by atoms with Crippen LogP contribution in [0.3, 0.4) is 0 Å².